The third kappa shape index (κ3) is 5.27. The fourth-order valence-corrected chi connectivity index (χ4v) is 2.34. The fourth-order valence-electron chi connectivity index (χ4n) is 2.14. The van der Waals surface area contributed by atoms with Crippen molar-refractivity contribution in [2.24, 2.45) is 0 Å². The molecule has 0 radical (unpaired) electrons. The van der Waals surface area contributed by atoms with Crippen LogP contribution in [0.4, 0.5) is 0 Å². The zero-order chi connectivity index (χ0) is 16.8. The van der Waals surface area contributed by atoms with E-state index in [4.69, 9.17) is 21.1 Å². The van der Waals surface area contributed by atoms with Crippen molar-refractivity contribution in [1.82, 2.24) is 0 Å². The summed E-state index contributed by atoms with van der Waals surface area (Å²) in [5, 5.41) is 9.86. The number of ether oxygens (including phenoxy) is 2. The normalized spacial score (nSPS) is 12.2. The number of hydrogen-bond donors (Lipinski definition) is 1. The second-order valence-electron chi connectivity index (χ2n) is 5.38. The molecule has 0 aliphatic rings. The van der Waals surface area contributed by atoms with Gasteiger partial charge in [-0.3, -0.25) is 0 Å². The van der Waals surface area contributed by atoms with Gasteiger partial charge in [0.25, 0.3) is 0 Å². The zero-order valence-electron chi connectivity index (χ0n) is 13.0. The van der Waals surface area contributed by atoms with Crippen LogP contribution in [0.2, 0.25) is 5.02 Å². The molecule has 0 fully saturated rings. The van der Waals surface area contributed by atoms with Crippen LogP contribution in [0.5, 0.6) is 11.5 Å². The molecule has 0 aromatic heterocycles. The number of rotatable bonds is 7. The average molecular weight is 335 g/mol. The molecule has 23 heavy (non-hydrogen) atoms. The second kappa shape index (κ2) is 7.99. The van der Waals surface area contributed by atoms with Gasteiger partial charge in [0.1, 0.15) is 11.5 Å². The van der Waals surface area contributed by atoms with Crippen LogP contribution in [0.3, 0.4) is 0 Å². The lowest BCUT2D eigenvalue weighted by molar-refractivity contribution is -0.153. The Labute approximate surface area is 140 Å². The number of benzene rings is 2. The molecule has 0 amide bonds. The second-order valence-corrected chi connectivity index (χ2v) is 5.82. The largest absolute Gasteiger partial charge is 0.479 e. The van der Waals surface area contributed by atoms with E-state index in [9.17, 15) is 9.90 Å². The lowest BCUT2D eigenvalue weighted by Crippen LogP contribution is -2.29. The van der Waals surface area contributed by atoms with Crippen molar-refractivity contribution < 1.29 is 19.4 Å². The molecular formula is C18H19ClO4. The summed E-state index contributed by atoms with van der Waals surface area (Å²) in [6, 6.07) is 14.4. The van der Waals surface area contributed by atoms with Crippen molar-refractivity contribution in [2.75, 3.05) is 0 Å². The van der Waals surface area contributed by atoms with Crippen LogP contribution in [0.25, 0.3) is 0 Å². The summed E-state index contributed by atoms with van der Waals surface area (Å²) >= 11 is 6.04. The highest BCUT2D eigenvalue weighted by atomic mass is 35.5. The predicted molar refractivity (Wildman–Crippen MR) is 89.3 cm³/mol. The molecule has 2 rings (SSSR count). The first kappa shape index (κ1) is 17.3. The van der Waals surface area contributed by atoms with Crippen LogP contribution >= 0.6 is 11.6 Å². The Kier molecular flexibility index (Phi) is 6.02. The van der Waals surface area contributed by atoms with Gasteiger partial charge in [-0.25, -0.2) is 4.79 Å². The molecular weight excluding hydrogens is 316 g/mol. The Bertz CT molecular complexity index is 655. The molecule has 2 aromatic rings. The summed E-state index contributed by atoms with van der Waals surface area (Å²) in [5.41, 5.74) is 0.689. The number of carboxylic acid groups (broad SMARTS) is 1. The van der Waals surface area contributed by atoms with Crippen molar-refractivity contribution in [3.8, 4) is 11.5 Å². The lowest BCUT2D eigenvalue weighted by atomic mass is 10.1. The average Bonchev–Trinajstić information content (AvgIpc) is 2.50. The maximum atomic E-state index is 11.4. The Balaban J connectivity index is 2.25. The summed E-state index contributed by atoms with van der Waals surface area (Å²) in [6.07, 6.45) is -0.962. The quantitative estimate of drug-likeness (QED) is 0.806. The minimum Gasteiger partial charge on any atom is -0.479 e. The highest BCUT2D eigenvalue weighted by Gasteiger charge is 2.22. The van der Waals surface area contributed by atoms with Crippen LogP contribution < -0.4 is 4.74 Å². The summed E-state index contributed by atoms with van der Waals surface area (Å²) < 4.78 is 11.3. The number of para-hydroxylation sites is 1. The highest BCUT2D eigenvalue weighted by molar-refractivity contribution is 6.30. The van der Waals surface area contributed by atoms with Crippen molar-refractivity contribution >= 4 is 17.6 Å². The smallest absolute Gasteiger partial charge is 0.333 e. The van der Waals surface area contributed by atoms with E-state index in [1.807, 2.05) is 30.3 Å². The van der Waals surface area contributed by atoms with E-state index in [0.717, 1.165) is 0 Å². The van der Waals surface area contributed by atoms with Gasteiger partial charge in [-0.2, -0.15) is 0 Å². The van der Waals surface area contributed by atoms with Gasteiger partial charge in [-0.15, -0.1) is 0 Å². The molecule has 1 N–H and O–H groups in total. The van der Waals surface area contributed by atoms with E-state index in [2.05, 4.69) is 0 Å². The van der Waals surface area contributed by atoms with Gasteiger partial charge < -0.3 is 14.6 Å². The third-order valence-corrected chi connectivity index (χ3v) is 3.35. The first-order valence-corrected chi connectivity index (χ1v) is 7.73. The Morgan fingerprint density at radius 2 is 1.87 bits per heavy atom. The van der Waals surface area contributed by atoms with Gasteiger partial charge in [0.15, 0.2) is 6.10 Å². The summed E-state index contributed by atoms with van der Waals surface area (Å²) in [4.78, 5) is 11.4. The van der Waals surface area contributed by atoms with E-state index in [1.54, 1.807) is 32.0 Å². The molecule has 2 aromatic carbocycles. The SMILES string of the molecule is CC(C)OC(Cc1cc(Cl)ccc1Oc1ccccc1)C(=O)O. The van der Waals surface area contributed by atoms with Crippen molar-refractivity contribution in [3.63, 3.8) is 0 Å². The third-order valence-electron chi connectivity index (χ3n) is 3.11. The zero-order valence-corrected chi connectivity index (χ0v) is 13.8. The van der Waals surface area contributed by atoms with E-state index in [0.29, 0.717) is 22.1 Å². The van der Waals surface area contributed by atoms with Crippen LogP contribution in [0.1, 0.15) is 19.4 Å². The molecule has 0 aliphatic heterocycles. The number of aliphatic carboxylic acids is 1. The van der Waals surface area contributed by atoms with E-state index >= 15 is 0 Å². The molecule has 0 heterocycles. The monoisotopic (exact) mass is 334 g/mol. The molecule has 4 nitrogen and oxygen atoms in total. The maximum Gasteiger partial charge on any atom is 0.333 e. The summed E-state index contributed by atoms with van der Waals surface area (Å²) in [5.74, 6) is 0.233. The van der Waals surface area contributed by atoms with Crippen molar-refractivity contribution in [2.45, 2.75) is 32.5 Å². The van der Waals surface area contributed by atoms with Gasteiger partial charge in [-0.1, -0.05) is 29.8 Å². The van der Waals surface area contributed by atoms with E-state index < -0.39 is 12.1 Å². The van der Waals surface area contributed by atoms with Crippen LogP contribution in [0, 0.1) is 0 Å². The topological polar surface area (TPSA) is 55.8 Å². The van der Waals surface area contributed by atoms with Gasteiger partial charge in [0.05, 0.1) is 6.10 Å². The number of carboxylic acids is 1. The van der Waals surface area contributed by atoms with Gasteiger partial charge in [-0.05, 0) is 49.7 Å². The van der Waals surface area contributed by atoms with Gasteiger partial charge in [0.2, 0.25) is 0 Å². The molecule has 0 bridgehead atoms. The fraction of sp³-hybridized carbons (Fsp3) is 0.278. The Hall–Kier alpha value is -2.04. The molecule has 122 valence electrons. The van der Waals surface area contributed by atoms with Crippen LogP contribution in [-0.4, -0.2) is 23.3 Å². The number of carbonyl (C=O) groups is 1. The number of hydrogen-bond acceptors (Lipinski definition) is 3. The van der Waals surface area contributed by atoms with Crippen molar-refractivity contribution in [1.29, 1.82) is 0 Å². The number of halogens is 1. The first-order valence-electron chi connectivity index (χ1n) is 7.35. The van der Waals surface area contributed by atoms with Gasteiger partial charge in [0, 0.05) is 11.4 Å². The molecule has 5 heteroatoms. The predicted octanol–water partition coefficient (Wildman–Crippen LogP) is 4.55. The molecule has 0 saturated heterocycles. The van der Waals surface area contributed by atoms with Gasteiger partial charge >= 0.3 is 5.97 Å². The lowest BCUT2D eigenvalue weighted by Gasteiger charge is -2.18. The van der Waals surface area contributed by atoms with E-state index in [-0.39, 0.29) is 12.5 Å². The molecule has 0 aliphatic carbocycles. The Morgan fingerprint density at radius 3 is 2.48 bits per heavy atom. The minimum absolute atomic E-state index is 0.177. The molecule has 0 saturated carbocycles. The van der Waals surface area contributed by atoms with Crippen LogP contribution in [0.15, 0.2) is 48.5 Å². The highest BCUT2D eigenvalue weighted by Crippen LogP contribution is 2.29. The molecule has 1 unspecified atom stereocenters. The standard InChI is InChI=1S/C18H19ClO4/c1-12(2)22-17(18(20)21)11-13-10-14(19)8-9-16(13)23-15-6-4-3-5-7-15/h3-10,12,17H,11H2,1-2H3,(H,20,21). The van der Waals surface area contributed by atoms with Crippen LogP contribution in [-0.2, 0) is 16.0 Å². The molecule has 1 atom stereocenters. The van der Waals surface area contributed by atoms with E-state index in [1.165, 1.54) is 0 Å². The Morgan fingerprint density at radius 1 is 1.17 bits per heavy atom. The molecule has 0 spiro atoms. The van der Waals surface area contributed by atoms with Crippen molar-refractivity contribution in [3.05, 3.63) is 59.1 Å². The first-order chi connectivity index (χ1) is 11.0. The summed E-state index contributed by atoms with van der Waals surface area (Å²) in [6.45, 7) is 3.60. The minimum atomic E-state index is -1.01. The summed E-state index contributed by atoms with van der Waals surface area (Å²) in [7, 11) is 0. The maximum absolute atomic E-state index is 11.4.